The standard InChI is InChI=1S/C9H9FN4S/c1-6-11-3-7(15-6)4-12-9-2-8(10)13-5-14-9/h2-3,5H,4H2,1H3,(H,12,13,14). The van der Waals surface area contributed by atoms with Crippen LogP contribution in [0, 0.1) is 12.9 Å². The molecule has 0 aromatic carbocycles. The molecule has 0 aliphatic carbocycles. The van der Waals surface area contributed by atoms with Crippen LogP contribution in [0.4, 0.5) is 10.2 Å². The van der Waals surface area contributed by atoms with Crippen LogP contribution in [0.1, 0.15) is 9.88 Å². The highest BCUT2D eigenvalue weighted by atomic mass is 32.1. The van der Waals surface area contributed by atoms with Crippen molar-refractivity contribution in [3.05, 3.63) is 34.4 Å². The molecule has 2 heterocycles. The molecule has 0 amide bonds. The number of halogens is 1. The van der Waals surface area contributed by atoms with Crippen molar-refractivity contribution in [3.63, 3.8) is 0 Å². The Bertz CT molecular complexity index is 457. The van der Waals surface area contributed by atoms with Gasteiger partial charge in [-0.3, -0.25) is 0 Å². The Labute approximate surface area is 90.2 Å². The molecule has 2 aromatic rings. The van der Waals surface area contributed by atoms with E-state index in [-0.39, 0.29) is 0 Å². The minimum Gasteiger partial charge on any atom is -0.365 e. The minimum atomic E-state index is -0.534. The van der Waals surface area contributed by atoms with Crippen LogP contribution in [-0.4, -0.2) is 15.0 Å². The molecule has 15 heavy (non-hydrogen) atoms. The molecule has 78 valence electrons. The van der Waals surface area contributed by atoms with Crippen LogP contribution in [0.25, 0.3) is 0 Å². The van der Waals surface area contributed by atoms with Gasteiger partial charge >= 0.3 is 0 Å². The van der Waals surface area contributed by atoms with Gasteiger partial charge in [-0.25, -0.2) is 15.0 Å². The van der Waals surface area contributed by atoms with Gasteiger partial charge in [-0.15, -0.1) is 11.3 Å². The number of anilines is 1. The molecule has 0 radical (unpaired) electrons. The normalized spacial score (nSPS) is 10.3. The van der Waals surface area contributed by atoms with Gasteiger partial charge in [0.1, 0.15) is 12.1 Å². The molecule has 0 spiro atoms. The Hall–Kier alpha value is -1.56. The molecule has 2 aromatic heterocycles. The molecule has 6 heteroatoms. The lowest BCUT2D eigenvalue weighted by Gasteiger charge is -2.01. The number of hydrogen-bond donors (Lipinski definition) is 1. The van der Waals surface area contributed by atoms with Gasteiger partial charge in [-0.2, -0.15) is 4.39 Å². The van der Waals surface area contributed by atoms with Crippen LogP contribution in [0.15, 0.2) is 18.6 Å². The second-order valence-corrected chi connectivity index (χ2v) is 4.24. The fourth-order valence-corrected chi connectivity index (χ4v) is 1.83. The molecular weight excluding hydrogens is 215 g/mol. The van der Waals surface area contributed by atoms with Crippen LogP contribution >= 0.6 is 11.3 Å². The monoisotopic (exact) mass is 224 g/mol. The summed E-state index contributed by atoms with van der Waals surface area (Å²) in [4.78, 5) is 12.5. The highest BCUT2D eigenvalue weighted by molar-refractivity contribution is 7.11. The summed E-state index contributed by atoms with van der Waals surface area (Å²) in [6.45, 7) is 2.54. The molecule has 4 nitrogen and oxygen atoms in total. The summed E-state index contributed by atoms with van der Waals surface area (Å²) in [5.41, 5.74) is 0. The Kier molecular flexibility index (Phi) is 2.86. The van der Waals surface area contributed by atoms with Crippen LogP contribution in [0.3, 0.4) is 0 Å². The average molecular weight is 224 g/mol. The van der Waals surface area contributed by atoms with E-state index in [1.807, 2.05) is 6.92 Å². The second-order valence-electron chi connectivity index (χ2n) is 2.93. The molecule has 0 bridgehead atoms. The fraction of sp³-hybridized carbons (Fsp3) is 0.222. The lowest BCUT2D eigenvalue weighted by Crippen LogP contribution is -2.00. The van der Waals surface area contributed by atoms with Crippen molar-refractivity contribution in [1.82, 2.24) is 15.0 Å². The highest BCUT2D eigenvalue weighted by Crippen LogP contribution is 2.13. The number of aromatic nitrogens is 3. The van der Waals surface area contributed by atoms with Crippen LogP contribution in [0.5, 0.6) is 0 Å². The SMILES string of the molecule is Cc1ncc(CNc2cc(F)ncn2)s1. The quantitative estimate of drug-likeness (QED) is 0.810. The molecule has 0 saturated heterocycles. The van der Waals surface area contributed by atoms with Crippen molar-refractivity contribution >= 4 is 17.2 Å². The zero-order chi connectivity index (χ0) is 10.7. The van der Waals surface area contributed by atoms with Gasteiger partial charge in [-0.05, 0) is 6.92 Å². The summed E-state index contributed by atoms with van der Waals surface area (Å²) in [6.07, 6.45) is 2.99. The van der Waals surface area contributed by atoms with E-state index in [1.54, 1.807) is 17.5 Å². The zero-order valence-corrected chi connectivity index (χ0v) is 8.88. The van der Waals surface area contributed by atoms with Crippen LogP contribution in [0.2, 0.25) is 0 Å². The Morgan fingerprint density at radius 1 is 1.40 bits per heavy atom. The van der Waals surface area contributed by atoms with Gasteiger partial charge in [0.2, 0.25) is 5.95 Å². The number of thiazole rings is 1. The van der Waals surface area contributed by atoms with E-state index in [4.69, 9.17) is 0 Å². The van der Waals surface area contributed by atoms with Gasteiger partial charge in [0.05, 0.1) is 11.6 Å². The van der Waals surface area contributed by atoms with E-state index >= 15 is 0 Å². The number of nitrogens with one attached hydrogen (secondary N) is 1. The number of aryl methyl sites for hydroxylation is 1. The summed E-state index contributed by atoms with van der Waals surface area (Å²) in [7, 11) is 0. The van der Waals surface area contributed by atoms with E-state index in [2.05, 4.69) is 20.3 Å². The van der Waals surface area contributed by atoms with Crippen molar-refractivity contribution in [2.24, 2.45) is 0 Å². The van der Waals surface area contributed by atoms with Gasteiger partial charge in [0.15, 0.2) is 0 Å². The predicted molar refractivity (Wildman–Crippen MR) is 56.2 cm³/mol. The molecular formula is C9H9FN4S. The van der Waals surface area contributed by atoms with Crippen molar-refractivity contribution in [2.45, 2.75) is 13.5 Å². The number of hydrogen-bond acceptors (Lipinski definition) is 5. The Balaban J connectivity index is 1.99. The van der Waals surface area contributed by atoms with Gasteiger partial charge in [0, 0.05) is 17.1 Å². The molecule has 1 N–H and O–H groups in total. The molecule has 2 rings (SSSR count). The maximum atomic E-state index is 12.7. The van der Waals surface area contributed by atoms with Crippen molar-refractivity contribution in [3.8, 4) is 0 Å². The van der Waals surface area contributed by atoms with Crippen LogP contribution in [-0.2, 0) is 6.54 Å². The van der Waals surface area contributed by atoms with Gasteiger partial charge in [-0.1, -0.05) is 0 Å². The van der Waals surface area contributed by atoms with E-state index in [0.29, 0.717) is 12.4 Å². The third kappa shape index (κ3) is 2.69. The molecule has 0 saturated carbocycles. The first-order valence-electron chi connectivity index (χ1n) is 4.37. The average Bonchev–Trinajstić information content (AvgIpc) is 2.62. The Morgan fingerprint density at radius 2 is 2.27 bits per heavy atom. The first-order valence-corrected chi connectivity index (χ1v) is 5.18. The van der Waals surface area contributed by atoms with E-state index in [0.717, 1.165) is 9.88 Å². The molecule has 0 aliphatic heterocycles. The maximum absolute atomic E-state index is 12.7. The summed E-state index contributed by atoms with van der Waals surface area (Å²) in [5.74, 6) is -0.0541. The summed E-state index contributed by atoms with van der Waals surface area (Å²) in [6, 6.07) is 1.26. The zero-order valence-electron chi connectivity index (χ0n) is 8.07. The van der Waals surface area contributed by atoms with Gasteiger partial charge in [0.25, 0.3) is 0 Å². The molecule has 0 fully saturated rings. The first-order chi connectivity index (χ1) is 7.24. The van der Waals surface area contributed by atoms with Crippen LogP contribution < -0.4 is 5.32 Å². The largest absolute Gasteiger partial charge is 0.365 e. The molecule has 0 aliphatic rings. The summed E-state index contributed by atoms with van der Waals surface area (Å²) in [5, 5.41) is 4.01. The summed E-state index contributed by atoms with van der Waals surface area (Å²) < 4.78 is 12.7. The lowest BCUT2D eigenvalue weighted by molar-refractivity contribution is 0.580. The van der Waals surface area contributed by atoms with E-state index < -0.39 is 5.95 Å². The summed E-state index contributed by atoms with van der Waals surface area (Å²) >= 11 is 1.60. The molecule has 0 atom stereocenters. The lowest BCUT2D eigenvalue weighted by atomic mass is 10.5. The van der Waals surface area contributed by atoms with Crippen molar-refractivity contribution in [1.29, 1.82) is 0 Å². The molecule has 0 unspecified atom stereocenters. The Morgan fingerprint density at radius 3 is 2.93 bits per heavy atom. The number of nitrogens with zero attached hydrogens (tertiary/aromatic N) is 3. The highest BCUT2D eigenvalue weighted by Gasteiger charge is 2.00. The third-order valence-electron chi connectivity index (χ3n) is 1.75. The predicted octanol–water partition coefficient (Wildman–Crippen LogP) is 1.99. The first kappa shape index (κ1) is 9.97. The van der Waals surface area contributed by atoms with Gasteiger partial charge < -0.3 is 5.32 Å². The maximum Gasteiger partial charge on any atom is 0.217 e. The van der Waals surface area contributed by atoms with Crippen molar-refractivity contribution < 1.29 is 4.39 Å². The fourth-order valence-electron chi connectivity index (χ4n) is 1.09. The van der Waals surface area contributed by atoms with E-state index in [9.17, 15) is 4.39 Å². The second kappa shape index (κ2) is 4.31. The minimum absolute atomic E-state index is 0.480. The van der Waals surface area contributed by atoms with Crippen molar-refractivity contribution in [2.75, 3.05) is 5.32 Å². The number of rotatable bonds is 3. The topological polar surface area (TPSA) is 50.7 Å². The smallest absolute Gasteiger partial charge is 0.217 e. The van der Waals surface area contributed by atoms with E-state index in [1.165, 1.54) is 12.4 Å². The third-order valence-corrected chi connectivity index (χ3v) is 2.66.